The van der Waals surface area contributed by atoms with Crippen molar-refractivity contribution in [3.05, 3.63) is 93.5 Å². The molecule has 3 aromatic carbocycles. The second-order valence-corrected chi connectivity index (χ2v) is 22.2. The summed E-state index contributed by atoms with van der Waals surface area (Å²) in [5.41, 5.74) is 4.75. The molecule has 1 aliphatic heterocycles. The number of carbonyl (C=O) groups is 2. The number of rotatable bonds is 11. The van der Waals surface area contributed by atoms with Gasteiger partial charge < -0.3 is 19.7 Å². The van der Waals surface area contributed by atoms with Gasteiger partial charge in [-0.2, -0.15) is 0 Å². The fourth-order valence-electron chi connectivity index (χ4n) is 8.77. The van der Waals surface area contributed by atoms with Gasteiger partial charge in [0.25, 0.3) is 0 Å². The van der Waals surface area contributed by atoms with Crippen LogP contribution in [0.4, 0.5) is 0 Å². The first-order valence-corrected chi connectivity index (χ1v) is 21.4. The minimum Gasteiger partial charge on any atom is -0.507 e. The van der Waals surface area contributed by atoms with E-state index in [1.165, 1.54) is 0 Å². The van der Waals surface area contributed by atoms with Crippen LogP contribution >= 0.6 is 0 Å². The molecule has 0 spiro atoms. The second kappa shape index (κ2) is 17.0. The molecule has 1 saturated heterocycles. The minimum atomic E-state index is -0.497. The predicted molar refractivity (Wildman–Crippen MR) is 237 cm³/mol. The van der Waals surface area contributed by atoms with E-state index in [0.717, 1.165) is 38.9 Å². The Balaban J connectivity index is 1.47. The molecule has 1 aliphatic rings. The Labute approximate surface area is 350 Å². The normalized spacial score (nSPS) is 17.2. The highest BCUT2D eigenvalue weighted by Gasteiger charge is 2.47. The summed E-state index contributed by atoms with van der Waals surface area (Å²) < 4.78 is 12.6. The van der Waals surface area contributed by atoms with Crippen molar-refractivity contribution in [2.75, 3.05) is 6.54 Å². The number of phenolic OH excluding ortho intramolecular Hbond substituents is 2. The number of esters is 2. The van der Waals surface area contributed by atoms with Gasteiger partial charge in [0.2, 0.25) is 0 Å². The van der Waals surface area contributed by atoms with Crippen molar-refractivity contribution >= 4 is 11.9 Å². The lowest BCUT2D eigenvalue weighted by Crippen LogP contribution is -2.63. The maximum atomic E-state index is 13.7. The fraction of sp³-hybridized carbons (Fsp3) is 0.608. The van der Waals surface area contributed by atoms with Crippen molar-refractivity contribution in [1.82, 2.24) is 4.90 Å². The Hall–Kier alpha value is -3.84. The standard InChI is InChI=1S/C51H75NO6/c1-46(2,3)37-26-33(27-38(44(37)55)47(4,5)6)22-24-42(53)57-36-30-50(13,14)52(51(15,16)31-36)32-41(35-20-18-17-19-21-35)58-43(54)25-23-34-28-39(48(7,8)9)45(56)40(29-34)49(10,11)12/h17-21,26-29,36,41,55-56H,22-25,30-32H2,1-16H3. The zero-order valence-electron chi connectivity index (χ0n) is 38.8. The Morgan fingerprint density at radius 3 is 1.36 bits per heavy atom. The maximum Gasteiger partial charge on any atom is 0.306 e. The number of piperidine rings is 1. The third-order valence-corrected chi connectivity index (χ3v) is 11.8. The third kappa shape index (κ3) is 11.7. The lowest BCUT2D eigenvalue weighted by molar-refractivity contribution is -0.167. The summed E-state index contributed by atoms with van der Waals surface area (Å²) in [5.74, 6) is 0.179. The molecule has 1 heterocycles. The predicted octanol–water partition coefficient (Wildman–Crippen LogP) is 11.7. The van der Waals surface area contributed by atoms with Crippen LogP contribution in [0.3, 0.4) is 0 Å². The number of carbonyl (C=O) groups excluding carboxylic acids is 2. The summed E-state index contributed by atoms with van der Waals surface area (Å²) in [6, 6.07) is 18.1. The Morgan fingerprint density at radius 1 is 0.638 bits per heavy atom. The summed E-state index contributed by atoms with van der Waals surface area (Å²) in [4.78, 5) is 29.6. The molecule has 0 aromatic heterocycles. The molecule has 2 N–H and O–H groups in total. The molecule has 1 unspecified atom stereocenters. The van der Waals surface area contributed by atoms with E-state index in [4.69, 9.17) is 9.47 Å². The van der Waals surface area contributed by atoms with Crippen LogP contribution in [0, 0.1) is 0 Å². The molecular weight excluding hydrogens is 723 g/mol. The lowest BCUT2D eigenvalue weighted by atomic mass is 9.77. The molecule has 3 aromatic rings. The molecule has 0 bridgehead atoms. The largest absolute Gasteiger partial charge is 0.507 e. The highest BCUT2D eigenvalue weighted by molar-refractivity contribution is 5.71. The molecule has 0 aliphatic carbocycles. The van der Waals surface area contributed by atoms with E-state index >= 15 is 0 Å². The van der Waals surface area contributed by atoms with Crippen molar-refractivity contribution in [3.8, 4) is 11.5 Å². The number of aromatic hydroxyl groups is 2. The van der Waals surface area contributed by atoms with Gasteiger partial charge in [0, 0.05) is 43.3 Å². The number of hydrogen-bond acceptors (Lipinski definition) is 7. The number of aryl methyl sites for hydroxylation is 2. The molecule has 1 fully saturated rings. The van der Waals surface area contributed by atoms with Crippen molar-refractivity contribution in [2.45, 2.75) is 194 Å². The van der Waals surface area contributed by atoms with Gasteiger partial charge in [-0.3, -0.25) is 14.5 Å². The Kier molecular flexibility index (Phi) is 13.8. The average Bonchev–Trinajstić information content (AvgIpc) is 3.06. The number of ether oxygens (including phenoxy) is 2. The van der Waals surface area contributed by atoms with E-state index in [1.807, 2.05) is 54.6 Å². The minimum absolute atomic E-state index is 0.214. The van der Waals surface area contributed by atoms with Crippen molar-refractivity contribution < 1.29 is 29.3 Å². The first kappa shape index (κ1) is 46.8. The van der Waals surface area contributed by atoms with Gasteiger partial charge >= 0.3 is 11.9 Å². The monoisotopic (exact) mass is 798 g/mol. The van der Waals surface area contributed by atoms with E-state index < -0.39 is 6.10 Å². The average molecular weight is 798 g/mol. The number of benzene rings is 3. The number of nitrogens with zero attached hydrogens (tertiary/aromatic N) is 1. The van der Waals surface area contributed by atoms with Gasteiger partial charge in [-0.05, 0) is 101 Å². The topological polar surface area (TPSA) is 96.3 Å². The van der Waals surface area contributed by atoms with E-state index in [1.54, 1.807) is 0 Å². The van der Waals surface area contributed by atoms with Gasteiger partial charge in [0.15, 0.2) is 0 Å². The Bertz CT molecular complexity index is 1830. The molecule has 7 heteroatoms. The summed E-state index contributed by atoms with van der Waals surface area (Å²) >= 11 is 0. The molecule has 0 radical (unpaired) electrons. The first-order valence-electron chi connectivity index (χ1n) is 21.4. The Morgan fingerprint density at radius 2 is 1.00 bits per heavy atom. The van der Waals surface area contributed by atoms with Crippen molar-refractivity contribution in [1.29, 1.82) is 0 Å². The molecular formula is C51H75NO6. The van der Waals surface area contributed by atoms with Crippen LogP contribution in [0.25, 0.3) is 0 Å². The highest BCUT2D eigenvalue weighted by Crippen LogP contribution is 2.43. The van der Waals surface area contributed by atoms with Gasteiger partial charge in [-0.25, -0.2) is 0 Å². The smallest absolute Gasteiger partial charge is 0.306 e. The second-order valence-electron chi connectivity index (χ2n) is 22.2. The molecule has 320 valence electrons. The van der Waals surface area contributed by atoms with Gasteiger partial charge in [0.1, 0.15) is 23.7 Å². The molecule has 58 heavy (non-hydrogen) atoms. The van der Waals surface area contributed by atoms with E-state index in [-0.39, 0.29) is 63.6 Å². The highest BCUT2D eigenvalue weighted by atomic mass is 16.5. The molecule has 0 saturated carbocycles. The van der Waals surface area contributed by atoms with E-state index in [9.17, 15) is 19.8 Å². The zero-order valence-corrected chi connectivity index (χ0v) is 38.8. The molecule has 4 rings (SSSR count). The van der Waals surface area contributed by atoms with Crippen LogP contribution in [0.1, 0.15) is 182 Å². The molecule has 7 nitrogen and oxygen atoms in total. The number of hydrogen-bond donors (Lipinski definition) is 2. The third-order valence-electron chi connectivity index (χ3n) is 11.8. The van der Waals surface area contributed by atoms with E-state index in [0.29, 0.717) is 43.7 Å². The summed E-state index contributed by atoms with van der Waals surface area (Å²) in [6.07, 6.45) is 2.03. The summed E-state index contributed by atoms with van der Waals surface area (Å²) in [6.45, 7) is 34.4. The number of likely N-dealkylation sites (tertiary alicyclic amines) is 1. The quantitative estimate of drug-likeness (QED) is 0.187. The zero-order chi connectivity index (χ0) is 43.8. The summed E-state index contributed by atoms with van der Waals surface area (Å²) in [5, 5.41) is 22.4. The first-order chi connectivity index (χ1) is 26.4. The SMILES string of the molecule is CC(C)(C)c1cc(CCC(=O)OC2CC(C)(C)N(CC(OC(=O)CCc3cc(C(C)(C)C)c(O)c(C(C)(C)C)c3)c3ccccc3)C(C)(C)C2)cc(C(C)(C)C)c1O. The lowest BCUT2D eigenvalue weighted by Gasteiger charge is -2.55. The fourth-order valence-corrected chi connectivity index (χ4v) is 8.77. The van der Waals surface area contributed by atoms with Crippen molar-refractivity contribution in [2.24, 2.45) is 0 Å². The number of phenols is 2. The van der Waals surface area contributed by atoms with E-state index in [2.05, 4.69) is 116 Å². The van der Waals surface area contributed by atoms with Crippen LogP contribution in [0.15, 0.2) is 54.6 Å². The van der Waals surface area contributed by atoms with Crippen LogP contribution in [0.5, 0.6) is 11.5 Å². The van der Waals surface area contributed by atoms with Crippen molar-refractivity contribution in [3.63, 3.8) is 0 Å². The molecule has 1 atom stereocenters. The van der Waals surface area contributed by atoms with Crippen LogP contribution < -0.4 is 0 Å². The maximum absolute atomic E-state index is 13.7. The van der Waals surface area contributed by atoms with Gasteiger partial charge in [-0.15, -0.1) is 0 Å². The van der Waals surface area contributed by atoms with Gasteiger partial charge in [-0.1, -0.05) is 138 Å². The molecule has 0 amide bonds. The van der Waals surface area contributed by atoms with Gasteiger partial charge in [0.05, 0.1) is 0 Å². The summed E-state index contributed by atoms with van der Waals surface area (Å²) in [7, 11) is 0. The van der Waals surface area contributed by atoms with Crippen LogP contribution in [-0.4, -0.2) is 50.8 Å². The van der Waals surface area contributed by atoms with Crippen LogP contribution in [-0.2, 0) is 53.6 Å². The van der Waals surface area contributed by atoms with Crippen LogP contribution in [0.2, 0.25) is 0 Å².